The molecular weight excluding hydrogens is 292 g/mol. The lowest BCUT2D eigenvalue weighted by atomic mass is 9.80. The van der Waals surface area contributed by atoms with Crippen molar-refractivity contribution >= 4 is 5.91 Å². The van der Waals surface area contributed by atoms with Crippen LogP contribution in [-0.4, -0.2) is 44.8 Å². The van der Waals surface area contributed by atoms with Crippen molar-refractivity contribution in [1.29, 1.82) is 0 Å². The van der Waals surface area contributed by atoms with Crippen LogP contribution in [0.2, 0.25) is 0 Å². The molecule has 0 bridgehead atoms. The minimum atomic E-state index is -0.567. The highest BCUT2D eigenvalue weighted by Gasteiger charge is 2.39. The fourth-order valence-corrected chi connectivity index (χ4v) is 3.60. The Bertz CT molecular complexity index is 553. The van der Waals surface area contributed by atoms with Crippen LogP contribution in [0.4, 0.5) is 0 Å². The maximum absolute atomic E-state index is 12.5. The van der Waals surface area contributed by atoms with Crippen molar-refractivity contribution in [3.8, 4) is 11.5 Å². The molecule has 0 aromatic heterocycles. The monoisotopic (exact) mass is 319 g/mol. The van der Waals surface area contributed by atoms with Gasteiger partial charge in [0, 0.05) is 12.8 Å². The number of amides is 1. The quantitative estimate of drug-likeness (QED) is 0.863. The molecule has 5 heteroatoms. The summed E-state index contributed by atoms with van der Waals surface area (Å²) in [6, 6.07) is 7.47. The fourth-order valence-electron chi connectivity index (χ4n) is 3.60. The zero-order valence-corrected chi connectivity index (χ0v) is 14.1. The second-order valence-electron chi connectivity index (χ2n) is 6.92. The predicted octanol–water partition coefficient (Wildman–Crippen LogP) is 0.790. The van der Waals surface area contributed by atoms with E-state index in [0.717, 1.165) is 0 Å². The van der Waals surface area contributed by atoms with Gasteiger partial charge in [0.1, 0.15) is 12.1 Å². The first-order valence-electron chi connectivity index (χ1n) is 8.58. The van der Waals surface area contributed by atoms with Gasteiger partial charge in [-0.1, -0.05) is 18.6 Å². The third-order valence-corrected chi connectivity index (χ3v) is 5.27. The molecule has 23 heavy (non-hydrogen) atoms. The lowest BCUT2D eigenvalue weighted by Gasteiger charge is -2.40. The standard InChI is InChI=1S/C18H26N2O3/c1-20(2)18(10-6-3-7-11-18)13-19-17(21)16-12-22-14-8-4-5-9-15(14)23-16/h4-5,8-9,16H,3,6-7,10-13H2,1-2H3,(H,19,21)/p+1/t16-/m1/s1. The van der Waals surface area contributed by atoms with Gasteiger partial charge in [0.05, 0.1) is 20.6 Å². The van der Waals surface area contributed by atoms with Crippen molar-refractivity contribution in [3.63, 3.8) is 0 Å². The molecule has 0 radical (unpaired) electrons. The van der Waals surface area contributed by atoms with Gasteiger partial charge in [-0.15, -0.1) is 0 Å². The van der Waals surface area contributed by atoms with Crippen LogP contribution in [0.5, 0.6) is 11.5 Å². The summed E-state index contributed by atoms with van der Waals surface area (Å²) in [6.45, 7) is 0.973. The number of quaternary nitrogens is 1. The van der Waals surface area contributed by atoms with E-state index < -0.39 is 6.10 Å². The molecule has 1 amide bonds. The van der Waals surface area contributed by atoms with E-state index in [1.165, 1.54) is 37.0 Å². The third-order valence-electron chi connectivity index (χ3n) is 5.27. The first-order chi connectivity index (χ1) is 11.1. The Kier molecular flexibility index (Phi) is 4.76. The van der Waals surface area contributed by atoms with Crippen LogP contribution in [0.15, 0.2) is 24.3 Å². The first kappa shape index (κ1) is 16.1. The van der Waals surface area contributed by atoms with E-state index in [2.05, 4.69) is 19.4 Å². The summed E-state index contributed by atoms with van der Waals surface area (Å²) in [6.07, 6.45) is 5.57. The van der Waals surface area contributed by atoms with Gasteiger partial charge < -0.3 is 19.7 Å². The average Bonchev–Trinajstić information content (AvgIpc) is 2.60. The summed E-state index contributed by atoms with van der Waals surface area (Å²) >= 11 is 0. The molecule has 1 aromatic rings. The molecule has 1 aliphatic carbocycles. The van der Waals surface area contributed by atoms with Crippen molar-refractivity contribution in [1.82, 2.24) is 5.32 Å². The summed E-state index contributed by atoms with van der Waals surface area (Å²) in [5, 5.41) is 3.11. The molecule has 3 rings (SSSR count). The largest absolute Gasteiger partial charge is 0.485 e. The van der Waals surface area contributed by atoms with Crippen LogP contribution in [0, 0.1) is 0 Å². The SMILES string of the molecule is C[NH+](C)C1(CNC(=O)[C@H]2COc3ccccc3O2)CCCCC1. The second kappa shape index (κ2) is 6.79. The first-order valence-corrected chi connectivity index (χ1v) is 8.58. The number of hydrogen-bond acceptors (Lipinski definition) is 3. The van der Waals surface area contributed by atoms with E-state index in [1.807, 2.05) is 24.3 Å². The number of carbonyl (C=O) groups is 1. The topological polar surface area (TPSA) is 52.0 Å². The molecule has 0 spiro atoms. The van der Waals surface area contributed by atoms with Crippen molar-refractivity contribution in [3.05, 3.63) is 24.3 Å². The van der Waals surface area contributed by atoms with E-state index in [-0.39, 0.29) is 18.1 Å². The van der Waals surface area contributed by atoms with Crippen LogP contribution in [0.3, 0.4) is 0 Å². The maximum atomic E-state index is 12.5. The normalized spacial score (nSPS) is 22.7. The molecule has 1 aromatic carbocycles. The van der Waals surface area contributed by atoms with Gasteiger partial charge >= 0.3 is 0 Å². The highest BCUT2D eigenvalue weighted by molar-refractivity contribution is 5.81. The molecule has 5 nitrogen and oxygen atoms in total. The van der Waals surface area contributed by atoms with Crippen LogP contribution in [-0.2, 0) is 4.79 Å². The van der Waals surface area contributed by atoms with Crippen LogP contribution in [0.25, 0.3) is 0 Å². The third kappa shape index (κ3) is 3.44. The average molecular weight is 319 g/mol. The number of ether oxygens (including phenoxy) is 2. The van der Waals surface area contributed by atoms with E-state index in [1.54, 1.807) is 0 Å². The Morgan fingerprint density at radius 1 is 1.22 bits per heavy atom. The van der Waals surface area contributed by atoms with E-state index in [9.17, 15) is 4.79 Å². The minimum absolute atomic E-state index is 0.0781. The lowest BCUT2D eigenvalue weighted by Crippen LogP contribution is -3.16. The number of para-hydroxylation sites is 2. The van der Waals surface area contributed by atoms with Crippen LogP contribution in [0.1, 0.15) is 32.1 Å². The Labute approximate surface area is 137 Å². The Balaban J connectivity index is 1.59. The molecule has 1 aliphatic heterocycles. The molecule has 126 valence electrons. The number of nitrogens with one attached hydrogen (secondary N) is 2. The molecule has 1 saturated carbocycles. The zero-order valence-electron chi connectivity index (χ0n) is 14.1. The van der Waals surface area contributed by atoms with E-state index in [0.29, 0.717) is 18.0 Å². The smallest absolute Gasteiger partial charge is 0.264 e. The molecular formula is C18H27N2O3+. The molecule has 2 aliphatic rings. The van der Waals surface area contributed by atoms with Gasteiger partial charge in [-0.05, 0) is 25.0 Å². The van der Waals surface area contributed by atoms with Crippen LogP contribution >= 0.6 is 0 Å². The second-order valence-corrected chi connectivity index (χ2v) is 6.92. The van der Waals surface area contributed by atoms with Gasteiger partial charge in [-0.3, -0.25) is 4.79 Å². The predicted molar refractivity (Wildman–Crippen MR) is 88.0 cm³/mol. The van der Waals surface area contributed by atoms with Crippen molar-refractivity contribution in [2.75, 3.05) is 27.2 Å². The Morgan fingerprint density at radius 3 is 2.61 bits per heavy atom. The number of rotatable bonds is 4. The summed E-state index contributed by atoms with van der Waals surface area (Å²) in [4.78, 5) is 13.9. The molecule has 1 atom stereocenters. The van der Waals surface area contributed by atoms with Gasteiger partial charge in [0.15, 0.2) is 11.5 Å². The number of fused-ring (bicyclic) bond motifs is 1. The minimum Gasteiger partial charge on any atom is -0.485 e. The summed E-state index contributed by atoms with van der Waals surface area (Å²) in [5.41, 5.74) is 0.154. The maximum Gasteiger partial charge on any atom is 0.264 e. The number of likely N-dealkylation sites (N-methyl/N-ethyl adjacent to an activating group) is 1. The van der Waals surface area contributed by atoms with Gasteiger partial charge in [0.2, 0.25) is 6.10 Å². The molecule has 1 fully saturated rings. The Morgan fingerprint density at radius 2 is 1.91 bits per heavy atom. The number of carbonyl (C=O) groups excluding carboxylic acids is 1. The number of benzene rings is 1. The molecule has 0 unspecified atom stereocenters. The lowest BCUT2D eigenvalue weighted by molar-refractivity contribution is -0.916. The molecule has 2 N–H and O–H groups in total. The van der Waals surface area contributed by atoms with E-state index in [4.69, 9.17) is 9.47 Å². The van der Waals surface area contributed by atoms with Gasteiger partial charge in [0.25, 0.3) is 5.91 Å². The molecule has 0 saturated heterocycles. The summed E-state index contributed by atoms with van der Waals surface area (Å²) in [5.74, 6) is 1.27. The summed E-state index contributed by atoms with van der Waals surface area (Å²) in [7, 11) is 4.38. The Hall–Kier alpha value is -1.75. The van der Waals surface area contributed by atoms with Gasteiger partial charge in [-0.2, -0.15) is 0 Å². The van der Waals surface area contributed by atoms with E-state index >= 15 is 0 Å². The highest BCUT2D eigenvalue weighted by Crippen LogP contribution is 2.31. The fraction of sp³-hybridized carbons (Fsp3) is 0.611. The van der Waals surface area contributed by atoms with Gasteiger partial charge in [-0.25, -0.2) is 0 Å². The van der Waals surface area contributed by atoms with Crippen molar-refractivity contribution < 1.29 is 19.2 Å². The summed E-state index contributed by atoms with van der Waals surface area (Å²) < 4.78 is 11.4. The van der Waals surface area contributed by atoms with Crippen molar-refractivity contribution in [2.24, 2.45) is 0 Å². The van der Waals surface area contributed by atoms with Crippen molar-refractivity contribution in [2.45, 2.75) is 43.7 Å². The zero-order chi connectivity index (χ0) is 16.3. The van der Waals surface area contributed by atoms with Crippen LogP contribution < -0.4 is 19.7 Å². The number of hydrogen-bond donors (Lipinski definition) is 2. The highest BCUT2D eigenvalue weighted by atomic mass is 16.6. The molecule has 1 heterocycles.